The van der Waals surface area contributed by atoms with Crippen molar-refractivity contribution in [2.45, 2.75) is 13.5 Å². The van der Waals surface area contributed by atoms with Crippen molar-refractivity contribution in [2.75, 3.05) is 27.9 Å². The van der Waals surface area contributed by atoms with E-state index in [0.29, 0.717) is 19.0 Å². The average Bonchev–Trinajstić information content (AvgIpc) is 2.57. The summed E-state index contributed by atoms with van der Waals surface area (Å²) >= 11 is 5.96. The van der Waals surface area contributed by atoms with Gasteiger partial charge in [0.05, 0.1) is 26.6 Å². The van der Waals surface area contributed by atoms with Crippen molar-refractivity contribution in [2.24, 2.45) is 17.4 Å². The number of benzene rings is 1. The van der Waals surface area contributed by atoms with Gasteiger partial charge < -0.3 is 31.0 Å². The second kappa shape index (κ2) is 9.95. The van der Waals surface area contributed by atoms with Crippen molar-refractivity contribution in [3.8, 4) is 11.5 Å². The quantitative estimate of drug-likeness (QED) is 0.465. The lowest BCUT2D eigenvalue weighted by Crippen LogP contribution is -2.21. The second-order valence-electron chi connectivity index (χ2n) is 5.29. The first kappa shape index (κ1) is 20.0. The largest absolute Gasteiger partial charge is 0.497 e. The first-order chi connectivity index (χ1) is 11.4. The zero-order valence-electron chi connectivity index (χ0n) is 14.6. The Balaban J connectivity index is 2.84. The number of ether oxygens (including phenoxy) is 3. The number of hydrogen-bond donors (Lipinski definition) is 3. The molecule has 1 unspecified atom stereocenters. The van der Waals surface area contributed by atoms with E-state index in [4.69, 9.17) is 37.3 Å². The summed E-state index contributed by atoms with van der Waals surface area (Å²) in [5.74, 6) is 1.93. The highest BCUT2D eigenvalue weighted by atomic mass is 35.5. The first-order valence-corrected chi connectivity index (χ1v) is 7.86. The molecule has 0 bridgehead atoms. The van der Waals surface area contributed by atoms with Gasteiger partial charge in [-0.15, -0.1) is 0 Å². The highest BCUT2D eigenvalue weighted by Gasteiger charge is 2.11. The summed E-state index contributed by atoms with van der Waals surface area (Å²) in [7, 11) is 4.85. The van der Waals surface area contributed by atoms with Crippen LogP contribution in [0.25, 0.3) is 0 Å². The molecule has 1 aromatic rings. The van der Waals surface area contributed by atoms with Gasteiger partial charge in [-0.2, -0.15) is 0 Å². The van der Waals surface area contributed by atoms with Gasteiger partial charge in [-0.25, -0.2) is 0 Å². The van der Waals surface area contributed by atoms with Gasteiger partial charge in [-0.1, -0.05) is 18.5 Å². The van der Waals surface area contributed by atoms with Crippen molar-refractivity contribution < 1.29 is 14.2 Å². The lowest BCUT2D eigenvalue weighted by atomic mass is 10.0. The van der Waals surface area contributed by atoms with Crippen LogP contribution in [0.4, 0.5) is 0 Å². The molecule has 0 radical (unpaired) electrons. The van der Waals surface area contributed by atoms with Crippen LogP contribution in [-0.4, -0.2) is 27.9 Å². The van der Waals surface area contributed by atoms with Gasteiger partial charge in [0.25, 0.3) is 0 Å². The predicted molar refractivity (Wildman–Crippen MR) is 96.8 cm³/mol. The van der Waals surface area contributed by atoms with Crippen LogP contribution in [0, 0.1) is 5.92 Å². The second-order valence-corrected chi connectivity index (χ2v) is 5.70. The highest BCUT2D eigenvalue weighted by molar-refractivity contribution is 6.29. The Bertz CT molecular complexity index is 599. The van der Waals surface area contributed by atoms with Crippen LogP contribution in [0.1, 0.15) is 12.5 Å². The fraction of sp³-hybridized carbons (Fsp3) is 0.412. The maximum atomic E-state index is 6.04. The van der Waals surface area contributed by atoms with Gasteiger partial charge in [-0.3, -0.25) is 0 Å². The molecule has 134 valence electrons. The molecule has 0 saturated carbocycles. The lowest BCUT2D eigenvalue weighted by Gasteiger charge is -2.15. The Morgan fingerprint density at radius 3 is 2.50 bits per heavy atom. The molecule has 0 aliphatic heterocycles. The summed E-state index contributed by atoms with van der Waals surface area (Å²) in [4.78, 5) is 0. The summed E-state index contributed by atoms with van der Waals surface area (Å²) in [5, 5.41) is 3.32. The van der Waals surface area contributed by atoms with Crippen molar-refractivity contribution in [1.29, 1.82) is 0 Å². The van der Waals surface area contributed by atoms with Crippen molar-refractivity contribution in [1.82, 2.24) is 5.32 Å². The van der Waals surface area contributed by atoms with Crippen molar-refractivity contribution >= 4 is 11.6 Å². The van der Waals surface area contributed by atoms with Crippen LogP contribution in [0.15, 0.2) is 40.8 Å². The van der Waals surface area contributed by atoms with Gasteiger partial charge >= 0.3 is 0 Å². The Kier molecular flexibility index (Phi) is 8.29. The Morgan fingerprint density at radius 2 is 1.96 bits per heavy atom. The van der Waals surface area contributed by atoms with E-state index in [2.05, 4.69) is 5.32 Å². The minimum absolute atomic E-state index is 0.0309. The normalized spacial score (nSPS) is 14.0. The molecular weight excluding hydrogens is 330 g/mol. The van der Waals surface area contributed by atoms with Crippen LogP contribution in [0.5, 0.6) is 11.5 Å². The minimum Gasteiger partial charge on any atom is -0.497 e. The molecule has 0 spiro atoms. The lowest BCUT2D eigenvalue weighted by molar-refractivity contribution is 0.173. The van der Waals surface area contributed by atoms with E-state index in [-0.39, 0.29) is 11.1 Å². The van der Waals surface area contributed by atoms with Gasteiger partial charge in [0.1, 0.15) is 16.7 Å². The summed E-state index contributed by atoms with van der Waals surface area (Å²) in [6, 6.07) is 5.60. The number of rotatable bonds is 9. The van der Waals surface area contributed by atoms with Gasteiger partial charge in [-0.05, 0) is 23.8 Å². The van der Waals surface area contributed by atoms with Gasteiger partial charge in [0.2, 0.25) is 0 Å². The highest BCUT2D eigenvalue weighted by Crippen LogP contribution is 2.24. The fourth-order valence-corrected chi connectivity index (χ4v) is 2.44. The molecule has 0 fully saturated rings. The molecule has 0 amide bonds. The van der Waals surface area contributed by atoms with Crippen LogP contribution in [0.2, 0.25) is 0 Å². The van der Waals surface area contributed by atoms with Crippen LogP contribution in [0.3, 0.4) is 0 Å². The predicted octanol–water partition coefficient (Wildman–Crippen LogP) is 2.29. The third-order valence-corrected chi connectivity index (χ3v) is 3.73. The van der Waals surface area contributed by atoms with Crippen LogP contribution >= 0.6 is 11.6 Å². The Labute approximate surface area is 148 Å². The molecule has 0 aliphatic carbocycles. The maximum absolute atomic E-state index is 6.04. The standard InChI is InChI=1S/C17H26ClN3O3/c1-11(10-22-2)14(17(18)20)8-16(19)21-9-12-5-6-13(23-3)7-15(12)24-4/h5-8,11,21H,9-10,19-20H2,1-4H3/b16-8+,17-14+. The van der Waals surface area contributed by atoms with Crippen molar-refractivity contribution in [3.63, 3.8) is 0 Å². The topological polar surface area (TPSA) is 91.8 Å². The molecule has 1 atom stereocenters. The third kappa shape index (κ3) is 5.86. The van der Waals surface area contributed by atoms with E-state index in [1.807, 2.05) is 25.1 Å². The number of hydrogen-bond acceptors (Lipinski definition) is 6. The number of nitrogens with two attached hydrogens (primary N) is 2. The average molecular weight is 356 g/mol. The van der Waals surface area contributed by atoms with E-state index in [1.165, 1.54) is 0 Å². The molecule has 0 aliphatic rings. The maximum Gasteiger partial charge on any atom is 0.127 e. The number of allylic oxidation sites excluding steroid dienone is 1. The third-order valence-electron chi connectivity index (χ3n) is 3.51. The van der Waals surface area contributed by atoms with Crippen LogP contribution in [-0.2, 0) is 11.3 Å². The van der Waals surface area contributed by atoms with E-state index in [0.717, 1.165) is 22.6 Å². The van der Waals surface area contributed by atoms with Gasteiger partial charge in [0.15, 0.2) is 0 Å². The zero-order chi connectivity index (χ0) is 18.1. The first-order valence-electron chi connectivity index (χ1n) is 7.48. The molecule has 0 saturated heterocycles. The molecule has 24 heavy (non-hydrogen) atoms. The Hall–Kier alpha value is -2.05. The summed E-state index contributed by atoms with van der Waals surface area (Å²) < 4.78 is 15.7. The summed E-state index contributed by atoms with van der Waals surface area (Å²) in [6.07, 6.45) is 1.72. The zero-order valence-corrected chi connectivity index (χ0v) is 15.3. The molecule has 7 heteroatoms. The molecule has 1 rings (SSSR count). The SMILES string of the molecule is COCC(C)C(/C=C(\N)NCc1ccc(OC)cc1OC)=C(/N)Cl. The molecule has 0 heterocycles. The Morgan fingerprint density at radius 1 is 1.25 bits per heavy atom. The molecule has 0 aromatic heterocycles. The number of halogens is 1. The molecule has 5 N–H and O–H groups in total. The molecule has 1 aromatic carbocycles. The summed E-state index contributed by atoms with van der Waals surface area (Å²) in [6.45, 7) is 2.95. The minimum atomic E-state index is 0.0309. The number of nitrogens with one attached hydrogen (secondary N) is 1. The number of methoxy groups -OCH3 is 3. The molecular formula is C17H26ClN3O3. The monoisotopic (exact) mass is 355 g/mol. The van der Waals surface area contributed by atoms with E-state index < -0.39 is 0 Å². The van der Waals surface area contributed by atoms with E-state index in [1.54, 1.807) is 27.4 Å². The van der Waals surface area contributed by atoms with E-state index in [9.17, 15) is 0 Å². The fourth-order valence-electron chi connectivity index (χ4n) is 2.20. The summed E-state index contributed by atoms with van der Waals surface area (Å²) in [5.41, 5.74) is 13.4. The van der Waals surface area contributed by atoms with E-state index >= 15 is 0 Å². The smallest absolute Gasteiger partial charge is 0.127 e. The molecule has 6 nitrogen and oxygen atoms in total. The van der Waals surface area contributed by atoms with Gasteiger partial charge in [0, 0.05) is 31.2 Å². The van der Waals surface area contributed by atoms with Crippen LogP contribution < -0.4 is 26.3 Å². The van der Waals surface area contributed by atoms with Crippen molar-refractivity contribution in [3.05, 3.63) is 46.4 Å².